The second kappa shape index (κ2) is 9.91. The fraction of sp³-hybridized carbons (Fsp3) is 0.526. The normalized spacial score (nSPS) is 11.1. The van der Waals surface area contributed by atoms with Crippen LogP contribution in [0, 0.1) is 0 Å². The maximum absolute atomic E-state index is 12.5. The van der Waals surface area contributed by atoms with Gasteiger partial charge in [-0.1, -0.05) is 25.8 Å². The van der Waals surface area contributed by atoms with Crippen molar-refractivity contribution in [2.24, 2.45) is 0 Å². The highest BCUT2D eigenvalue weighted by Crippen LogP contribution is 2.13. The van der Waals surface area contributed by atoms with Gasteiger partial charge in [0.25, 0.3) is 11.8 Å². The average Bonchev–Trinajstić information content (AvgIpc) is 3.02. The van der Waals surface area contributed by atoms with Crippen LogP contribution in [0.25, 0.3) is 5.52 Å². The molecule has 0 aromatic carbocycles. The van der Waals surface area contributed by atoms with E-state index in [9.17, 15) is 9.59 Å². The third-order valence-corrected chi connectivity index (χ3v) is 4.10. The van der Waals surface area contributed by atoms with Crippen LogP contribution in [0.5, 0.6) is 0 Å². The van der Waals surface area contributed by atoms with Crippen LogP contribution >= 0.6 is 0 Å². The van der Waals surface area contributed by atoms with E-state index in [-0.39, 0.29) is 23.3 Å². The van der Waals surface area contributed by atoms with E-state index < -0.39 is 0 Å². The smallest absolute Gasteiger partial charge is 0.287 e. The van der Waals surface area contributed by atoms with Crippen molar-refractivity contribution in [1.82, 2.24) is 24.9 Å². The molecule has 0 bridgehead atoms. The van der Waals surface area contributed by atoms with Crippen molar-refractivity contribution in [3.8, 4) is 0 Å². The van der Waals surface area contributed by atoms with E-state index in [2.05, 4.69) is 27.4 Å². The first-order valence-corrected chi connectivity index (χ1v) is 9.22. The molecule has 26 heavy (non-hydrogen) atoms. The molecule has 2 aromatic rings. The molecule has 0 spiro atoms. The highest BCUT2D eigenvalue weighted by molar-refractivity contribution is 6.02. The van der Waals surface area contributed by atoms with Gasteiger partial charge in [0.15, 0.2) is 5.69 Å². The van der Waals surface area contributed by atoms with Gasteiger partial charge in [-0.15, -0.1) is 0 Å². The van der Waals surface area contributed by atoms with Crippen LogP contribution in [-0.4, -0.2) is 59.8 Å². The molecule has 0 radical (unpaired) electrons. The van der Waals surface area contributed by atoms with E-state index in [1.54, 1.807) is 16.7 Å². The number of nitrogens with one attached hydrogen (secondary N) is 2. The quantitative estimate of drug-likeness (QED) is 0.636. The fourth-order valence-electron chi connectivity index (χ4n) is 2.70. The molecule has 2 N–H and O–H groups in total. The largest absolute Gasteiger partial charge is 0.351 e. The Bertz CT molecular complexity index is 739. The Morgan fingerprint density at radius 1 is 1.08 bits per heavy atom. The minimum Gasteiger partial charge on any atom is -0.351 e. The SMILES string of the molecule is CCCCCNC(=O)c1nc(C(=O)NCCCN(C)C)c2ccccn12. The number of aromatic nitrogens is 2. The van der Waals surface area contributed by atoms with E-state index in [0.717, 1.165) is 32.2 Å². The third kappa shape index (κ3) is 5.29. The molecule has 142 valence electrons. The summed E-state index contributed by atoms with van der Waals surface area (Å²) in [6.07, 6.45) is 5.72. The van der Waals surface area contributed by atoms with E-state index in [4.69, 9.17) is 0 Å². The summed E-state index contributed by atoms with van der Waals surface area (Å²) in [7, 11) is 3.99. The number of carbonyl (C=O) groups is 2. The first-order valence-electron chi connectivity index (χ1n) is 9.22. The molecule has 7 heteroatoms. The number of fused-ring (bicyclic) bond motifs is 1. The van der Waals surface area contributed by atoms with Gasteiger partial charge in [-0.3, -0.25) is 14.0 Å². The summed E-state index contributed by atoms with van der Waals surface area (Å²) in [4.78, 5) is 31.4. The zero-order valence-electron chi connectivity index (χ0n) is 15.9. The van der Waals surface area contributed by atoms with Crippen molar-refractivity contribution in [3.63, 3.8) is 0 Å². The number of hydrogen-bond acceptors (Lipinski definition) is 4. The molecule has 2 rings (SSSR count). The standard InChI is InChI=1S/C19H29N5O2/c1-4-5-7-11-21-19(26)17-22-16(15-10-6-8-14-24(15)17)18(25)20-12-9-13-23(2)3/h6,8,10,14H,4-5,7,9,11-13H2,1-3H3,(H,20,25)(H,21,26). The lowest BCUT2D eigenvalue weighted by atomic mass is 10.2. The van der Waals surface area contributed by atoms with Gasteiger partial charge in [0.1, 0.15) is 0 Å². The van der Waals surface area contributed by atoms with E-state index in [0.29, 0.717) is 18.6 Å². The maximum Gasteiger partial charge on any atom is 0.287 e. The Morgan fingerprint density at radius 2 is 1.81 bits per heavy atom. The van der Waals surface area contributed by atoms with Gasteiger partial charge in [-0.25, -0.2) is 4.98 Å². The fourth-order valence-corrected chi connectivity index (χ4v) is 2.70. The number of nitrogens with zero attached hydrogens (tertiary/aromatic N) is 3. The van der Waals surface area contributed by atoms with Gasteiger partial charge >= 0.3 is 0 Å². The minimum atomic E-state index is -0.256. The summed E-state index contributed by atoms with van der Waals surface area (Å²) in [5.74, 6) is -0.262. The summed E-state index contributed by atoms with van der Waals surface area (Å²) in [5.41, 5.74) is 0.922. The Labute approximate surface area is 154 Å². The average molecular weight is 359 g/mol. The van der Waals surface area contributed by atoms with Crippen LogP contribution < -0.4 is 10.6 Å². The van der Waals surface area contributed by atoms with Crippen LogP contribution in [0.4, 0.5) is 0 Å². The van der Waals surface area contributed by atoms with Gasteiger partial charge in [0.2, 0.25) is 5.82 Å². The zero-order chi connectivity index (χ0) is 18.9. The second-order valence-electron chi connectivity index (χ2n) is 6.62. The lowest BCUT2D eigenvalue weighted by Gasteiger charge is -2.09. The van der Waals surface area contributed by atoms with Crippen molar-refractivity contribution in [1.29, 1.82) is 0 Å². The number of imidazole rings is 1. The molecular formula is C19H29N5O2. The first-order chi connectivity index (χ1) is 12.5. The van der Waals surface area contributed by atoms with Gasteiger partial charge in [0, 0.05) is 19.3 Å². The lowest BCUT2D eigenvalue weighted by Crippen LogP contribution is -2.28. The van der Waals surface area contributed by atoms with Crippen LogP contribution in [0.2, 0.25) is 0 Å². The van der Waals surface area contributed by atoms with Crippen LogP contribution in [-0.2, 0) is 0 Å². The molecule has 0 atom stereocenters. The number of carbonyl (C=O) groups excluding carboxylic acids is 2. The Morgan fingerprint density at radius 3 is 2.54 bits per heavy atom. The van der Waals surface area contributed by atoms with Crippen LogP contribution in [0.15, 0.2) is 24.4 Å². The highest BCUT2D eigenvalue weighted by atomic mass is 16.2. The van der Waals surface area contributed by atoms with Gasteiger partial charge in [-0.05, 0) is 45.6 Å². The van der Waals surface area contributed by atoms with Gasteiger partial charge in [-0.2, -0.15) is 0 Å². The number of hydrogen-bond donors (Lipinski definition) is 2. The van der Waals surface area contributed by atoms with Crippen molar-refractivity contribution in [2.75, 3.05) is 33.7 Å². The van der Waals surface area contributed by atoms with E-state index in [1.807, 2.05) is 26.2 Å². The second-order valence-corrected chi connectivity index (χ2v) is 6.62. The molecule has 0 aliphatic carbocycles. The van der Waals surface area contributed by atoms with Gasteiger partial charge < -0.3 is 15.5 Å². The molecule has 2 heterocycles. The van der Waals surface area contributed by atoms with Crippen LogP contribution in [0.1, 0.15) is 53.7 Å². The maximum atomic E-state index is 12.5. The molecule has 0 aliphatic heterocycles. The summed E-state index contributed by atoms with van der Waals surface area (Å²) < 4.78 is 1.67. The molecule has 2 amide bonds. The Balaban J connectivity index is 2.10. The minimum absolute atomic E-state index is 0.246. The van der Waals surface area contributed by atoms with Crippen molar-refractivity contribution >= 4 is 17.3 Å². The van der Waals surface area contributed by atoms with E-state index in [1.165, 1.54) is 0 Å². The van der Waals surface area contributed by atoms with E-state index >= 15 is 0 Å². The van der Waals surface area contributed by atoms with Crippen LogP contribution in [0.3, 0.4) is 0 Å². The molecule has 0 aliphatic rings. The molecule has 0 saturated carbocycles. The number of pyridine rings is 1. The predicted molar refractivity (Wildman–Crippen MR) is 103 cm³/mol. The monoisotopic (exact) mass is 359 g/mol. The molecule has 0 saturated heterocycles. The number of amides is 2. The van der Waals surface area contributed by atoms with Crippen molar-refractivity contribution in [3.05, 3.63) is 35.9 Å². The summed E-state index contributed by atoms with van der Waals surface area (Å²) in [6.45, 7) is 4.20. The molecule has 2 aromatic heterocycles. The van der Waals surface area contributed by atoms with Gasteiger partial charge in [0.05, 0.1) is 5.52 Å². The number of unbranched alkanes of at least 4 members (excludes halogenated alkanes) is 2. The zero-order valence-corrected chi connectivity index (χ0v) is 15.9. The lowest BCUT2D eigenvalue weighted by molar-refractivity contribution is 0.0942. The first kappa shape index (κ1) is 19.9. The Hall–Kier alpha value is -2.41. The summed E-state index contributed by atoms with van der Waals surface area (Å²) in [5, 5.41) is 5.77. The highest BCUT2D eigenvalue weighted by Gasteiger charge is 2.20. The van der Waals surface area contributed by atoms with Crippen molar-refractivity contribution < 1.29 is 9.59 Å². The molecule has 0 unspecified atom stereocenters. The number of rotatable bonds is 10. The molecule has 0 fully saturated rings. The molecular weight excluding hydrogens is 330 g/mol. The summed E-state index contributed by atoms with van der Waals surface area (Å²) >= 11 is 0. The van der Waals surface area contributed by atoms with Crippen molar-refractivity contribution in [2.45, 2.75) is 32.6 Å². The predicted octanol–water partition coefficient (Wildman–Crippen LogP) is 1.94. The third-order valence-electron chi connectivity index (χ3n) is 4.10. The molecule has 7 nitrogen and oxygen atoms in total. The Kier molecular flexibility index (Phi) is 7.59. The topological polar surface area (TPSA) is 78.7 Å². The summed E-state index contributed by atoms with van der Waals surface area (Å²) in [6, 6.07) is 5.46.